The Morgan fingerprint density at radius 3 is 2.49 bits per heavy atom. The van der Waals surface area contributed by atoms with Crippen LogP contribution >= 0.6 is 0 Å². The molecule has 214 valence electrons. The number of carboxylic acid groups (broad SMARTS) is 1. The molecule has 2 aromatic rings. The molecular weight excluding hydrogens is 505 g/mol. The summed E-state index contributed by atoms with van der Waals surface area (Å²) in [6.07, 6.45) is 2.26. The van der Waals surface area contributed by atoms with Gasteiger partial charge in [0, 0.05) is 18.5 Å². The van der Waals surface area contributed by atoms with Gasteiger partial charge in [0.1, 0.15) is 11.6 Å². The van der Waals surface area contributed by atoms with Gasteiger partial charge in [0.25, 0.3) is 0 Å². The second kappa shape index (κ2) is 13.9. The molecule has 0 amide bonds. The number of benzene rings is 2. The van der Waals surface area contributed by atoms with E-state index in [4.69, 9.17) is 10.1 Å². The largest absolute Gasteiger partial charge is 0.573 e. The Kier molecular flexibility index (Phi) is 10.8. The highest BCUT2D eigenvalue weighted by molar-refractivity contribution is 5.97. The van der Waals surface area contributed by atoms with Gasteiger partial charge in [-0.3, -0.25) is 4.79 Å². The van der Waals surface area contributed by atoms with E-state index in [-0.39, 0.29) is 12.2 Å². The topological polar surface area (TPSA) is 70.9 Å². The predicted molar refractivity (Wildman–Crippen MR) is 150 cm³/mol. The molecule has 0 bridgehead atoms. The van der Waals surface area contributed by atoms with Gasteiger partial charge in [-0.2, -0.15) is 0 Å². The van der Waals surface area contributed by atoms with Gasteiger partial charge in [-0.05, 0) is 104 Å². The van der Waals surface area contributed by atoms with Crippen LogP contribution in [0.2, 0.25) is 0 Å². The van der Waals surface area contributed by atoms with Gasteiger partial charge in [0.05, 0.1) is 5.69 Å². The van der Waals surface area contributed by atoms with Crippen molar-refractivity contribution in [2.45, 2.75) is 85.4 Å². The van der Waals surface area contributed by atoms with Gasteiger partial charge in [-0.1, -0.05) is 39.3 Å². The molecule has 0 aliphatic heterocycles. The quantitative estimate of drug-likeness (QED) is 0.218. The summed E-state index contributed by atoms with van der Waals surface area (Å²) >= 11 is 0. The van der Waals surface area contributed by atoms with E-state index in [1.165, 1.54) is 31.4 Å². The first kappa shape index (κ1) is 30.5. The van der Waals surface area contributed by atoms with E-state index >= 15 is 0 Å². The Bertz CT molecular complexity index is 1110. The molecule has 0 unspecified atom stereocenters. The lowest BCUT2D eigenvalue weighted by molar-refractivity contribution is -0.274. The Balaban J connectivity index is 1.79. The van der Waals surface area contributed by atoms with Gasteiger partial charge in [0.15, 0.2) is 0 Å². The van der Waals surface area contributed by atoms with Crippen LogP contribution in [0.3, 0.4) is 0 Å². The number of carboxylic acids is 1. The summed E-state index contributed by atoms with van der Waals surface area (Å²) < 4.78 is 41.7. The number of nitrogens with one attached hydrogen (secondary N) is 1. The minimum Gasteiger partial charge on any atom is -0.481 e. The number of nitrogens with zero attached hydrogens (tertiary/aromatic N) is 1. The summed E-state index contributed by atoms with van der Waals surface area (Å²) in [4.78, 5) is 16.0. The van der Waals surface area contributed by atoms with Gasteiger partial charge in [-0.25, -0.2) is 4.99 Å². The number of aryl methyl sites for hydroxylation is 2. The average molecular weight is 547 g/mol. The molecule has 2 aromatic carbocycles. The summed E-state index contributed by atoms with van der Waals surface area (Å²) in [6.45, 7) is 8.92. The van der Waals surface area contributed by atoms with E-state index in [1.54, 1.807) is 12.1 Å². The fraction of sp³-hybridized carbons (Fsp3) is 0.548. The number of anilines is 1. The molecule has 0 spiro atoms. The van der Waals surface area contributed by atoms with Crippen molar-refractivity contribution in [2.24, 2.45) is 28.7 Å². The fourth-order valence-electron chi connectivity index (χ4n) is 5.64. The van der Waals surface area contributed by atoms with Gasteiger partial charge >= 0.3 is 12.3 Å². The lowest BCUT2D eigenvalue weighted by Crippen LogP contribution is -2.27. The van der Waals surface area contributed by atoms with Crippen molar-refractivity contribution in [3.63, 3.8) is 0 Å². The summed E-state index contributed by atoms with van der Waals surface area (Å²) in [6, 6.07) is 11.4. The third-order valence-electron chi connectivity index (χ3n) is 7.68. The van der Waals surface area contributed by atoms with Crippen molar-refractivity contribution in [1.29, 1.82) is 0 Å². The van der Waals surface area contributed by atoms with Crippen molar-refractivity contribution >= 4 is 23.2 Å². The van der Waals surface area contributed by atoms with Crippen molar-refractivity contribution in [3.05, 3.63) is 53.6 Å². The third-order valence-corrected chi connectivity index (χ3v) is 7.68. The summed E-state index contributed by atoms with van der Waals surface area (Å²) in [7, 11) is 0. The zero-order valence-corrected chi connectivity index (χ0v) is 23.4. The molecular formula is C31H41F3N2O3. The molecule has 1 fully saturated rings. The molecule has 0 radical (unpaired) electrons. The number of carbonyl (C=O) groups is 1. The van der Waals surface area contributed by atoms with Gasteiger partial charge in [0.2, 0.25) is 0 Å². The maximum atomic E-state index is 12.6. The highest BCUT2D eigenvalue weighted by Crippen LogP contribution is 2.40. The number of rotatable bonds is 11. The van der Waals surface area contributed by atoms with Crippen molar-refractivity contribution in [2.75, 3.05) is 5.32 Å². The monoisotopic (exact) mass is 546 g/mol. The maximum absolute atomic E-state index is 12.6. The molecule has 0 aromatic heterocycles. The third kappa shape index (κ3) is 10.2. The first-order valence-corrected chi connectivity index (χ1v) is 13.9. The number of hydrogen-bond donors (Lipinski definition) is 2. The fourth-order valence-corrected chi connectivity index (χ4v) is 5.64. The second-order valence-electron chi connectivity index (χ2n) is 11.2. The van der Waals surface area contributed by atoms with Gasteiger partial charge < -0.3 is 15.2 Å². The normalized spacial score (nSPS) is 20.2. The molecule has 2 N–H and O–H groups in total. The molecule has 3 atom stereocenters. The first-order chi connectivity index (χ1) is 18.4. The number of aliphatic carboxylic acids is 1. The molecule has 39 heavy (non-hydrogen) atoms. The van der Waals surface area contributed by atoms with E-state index in [0.717, 1.165) is 47.3 Å². The number of hydrogen-bond acceptors (Lipinski definition) is 3. The van der Waals surface area contributed by atoms with Crippen LogP contribution in [0.25, 0.3) is 0 Å². The number of halogens is 3. The Morgan fingerprint density at radius 1 is 1.13 bits per heavy atom. The van der Waals surface area contributed by atoms with Crippen LogP contribution in [-0.4, -0.2) is 23.3 Å². The predicted octanol–water partition coefficient (Wildman–Crippen LogP) is 8.93. The standard InChI is InChI=1S/C31H41F3N2O3/c1-20(2)27-16-8-21(3)18-24(27)6-5-7-29(35-25-12-14-26(15-13-25)39-31(32,33)34)36-28-19-23(10-9-22(28)4)11-17-30(37)38/h9-10,12-15,19-21,24,27H,5-8,11,16-18H2,1-4H3,(H,35,36)(H,37,38)/t21-,24-,27+/m1/s1. The summed E-state index contributed by atoms with van der Waals surface area (Å²) in [5.41, 5.74) is 3.23. The van der Waals surface area contributed by atoms with Crippen LogP contribution in [0, 0.1) is 30.6 Å². The lowest BCUT2D eigenvalue weighted by atomic mass is 9.68. The Hall–Kier alpha value is -3.03. The van der Waals surface area contributed by atoms with Crippen LogP contribution in [-0.2, 0) is 11.2 Å². The molecule has 3 rings (SSSR count). The molecule has 0 heterocycles. The highest BCUT2D eigenvalue weighted by atomic mass is 19.4. The lowest BCUT2D eigenvalue weighted by Gasteiger charge is -2.37. The van der Waals surface area contributed by atoms with E-state index in [2.05, 4.69) is 30.8 Å². The SMILES string of the molecule is Cc1ccc(CCC(=O)O)cc1/N=C(\CCC[C@@H]1C[C@H](C)CC[C@H]1C(C)C)Nc1ccc(OC(F)(F)F)cc1. The smallest absolute Gasteiger partial charge is 0.481 e. The minimum atomic E-state index is -4.74. The molecule has 1 aliphatic carbocycles. The van der Waals surface area contributed by atoms with Crippen LogP contribution in [0.15, 0.2) is 47.5 Å². The van der Waals surface area contributed by atoms with Crippen molar-refractivity contribution in [3.8, 4) is 5.75 Å². The zero-order chi connectivity index (χ0) is 28.6. The van der Waals surface area contributed by atoms with E-state index in [9.17, 15) is 18.0 Å². The Morgan fingerprint density at radius 2 is 1.85 bits per heavy atom. The molecule has 0 saturated heterocycles. The van der Waals surface area contributed by atoms with Crippen LogP contribution < -0.4 is 10.1 Å². The van der Waals surface area contributed by atoms with Crippen LogP contribution in [0.4, 0.5) is 24.5 Å². The summed E-state index contributed by atoms with van der Waals surface area (Å²) in [5.74, 6) is 2.39. The van der Waals surface area contributed by atoms with Crippen molar-refractivity contribution < 1.29 is 27.8 Å². The Labute approximate surface area is 229 Å². The van der Waals surface area contributed by atoms with Gasteiger partial charge in [-0.15, -0.1) is 13.2 Å². The van der Waals surface area contributed by atoms with E-state index < -0.39 is 12.3 Å². The minimum absolute atomic E-state index is 0.0422. The van der Waals surface area contributed by atoms with Crippen LogP contribution in [0.5, 0.6) is 5.75 Å². The number of ether oxygens (including phenoxy) is 1. The highest BCUT2D eigenvalue weighted by Gasteiger charge is 2.31. The molecule has 5 nitrogen and oxygen atoms in total. The zero-order valence-electron chi connectivity index (χ0n) is 23.4. The second-order valence-corrected chi connectivity index (χ2v) is 11.2. The van der Waals surface area contributed by atoms with E-state index in [0.29, 0.717) is 30.4 Å². The van der Waals surface area contributed by atoms with Crippen LogP contribution in [0.1, 0.15) is 76.8 Å². The first-order valence-electron chi connectivity index (χ1n) is 13.9. The summed E-state index contributed by atoms with van der Waals surface area (Å²) in [5, 5.41) is 12.4. The molecule has 8 heteroatoms. The van der Waals surface area contributed by atoms with E-state index in [1.807, 2.05) is 25.1 Å². The molecule has 1 aliphatic rings. The number of aliphatic imine (C=N–C) groups is 1. The average Bonchev–Trinajstić information content (AvgIpc) is 2.84. The van der Waals surface area contributed by atoms with Crippen molar-refractivity contribution in [1.82, 2.24) is 0 Å². The number of amidine groups is 1. The maximum Gasteiger partial charge on any atom is 0.573 e. The molecule has 1 saturated carbocycles. The number of alkyl halides is 3.